The van der Waals surface area contributed by atoms with Gasteiger partial charge in [-0.25, -0.2) is 4.79 Å². The first-order chi connectivity index (χ1) is 16.1. The number of phenols is 2. The van der Waals surface area contributed by atoms with Crippen LogP contribution in [0.2, 0.25) is 0 Å². The van der Waals surface area contributed by atoms with Crippen molar-refractivity contribution in [2.24, 2.45) is 0 Å². The van der Waals surface area contributed by atoms with Gasteiger partial charge in [0.1, 0.15) is 29.4 Å². The molecule has 34 heavy (non-hydrogen) atoms. The highest BCUT2D eigenvalue weighted by atomic mass is 16.6. The molecule has 3 aromatic carbocycles. The van der Waals surface area contributed by atoms with E-state index >= 15 is 0 Å². The first-order valence-electron chi connectivity index (χ1n) is 10.2. The zero-order chi connectivity index (χ0) is 24.4. The second-order valence-electron chi connectivity index (χ2n) is 7.97. The highest BCUT2D eigenvalue weighted by Gasteiger charge is 2.56. The minimum atomic E-state index is -1.80. The van der Waals surface area contributed by atoms with Gasteiger partial charge in [-0.15, -0.1) is 0 Å². The Morgan fingerprint density at radius 3 is 2.38 bits per heavy atom. The molecule has 0 bridgehead atoms. The zero-order valence-electron chi connectivity index (χ0n) is 17.6. The van der Waals surface area contributed by atoms with Crippen molar-refractivity contribution < 1.29 is 44.0 Å². The lowest BCUT2D eigenvalue weighted by Crippen LogP contribution is -2.36. The SMILES string of the molecule is CC(=O)c1c(O)cc2c(c1C(=O)CC(=O)O)C1(OC(=O)c3ccccc31)c1ccc(O)cc1O2. The maximum Gasteiger partial charge on any atom is 0.340 e. The number of carboxylic acids is 1. The van der Waals surface area contributed by atoms with Gasteiger partial charge in [0.2, 0.25) is 0 Å². The molecule has 0 saturated carbocycles. The molecule has 1 atom stereocenters. The second kappa shape index (κ2) is 7.17. The van der Waals surface area contributed by atoms with Crippen LogP contribution in [-0.4, -0.2) is 38.8 Å². The smallest absolute Gasteiger partial charge is 0.340 e. The van der Waals surface area contributed by atoms with Crippen molar-refractivity contribution in [1.29, 1.82) is 0 Å². The van der Waals surface area contributed by atoms with Crippen LogP contribution in [0, 0.1) is 0 Å². The molecule has 0 fully saturated rings. The summed E-state index contributed by atoms with van der Waals surface area (Å²) in [6.45, 7) is 1.12. The maximum atomic E-state index is 13.2. The number of fused-ring (bicyclic) bond motifs is 6. The van der Waals surface area contributed by atoms with Crippen molar-refractivity contribution in [3.63, 3.8) is 0 Å². The normalized spacial score (nSPS) is 17.3. The summed E-state index contributed by atoms with van der Waals surface area (Å²) >= 11 is 0. The Morgan fingerprint density at radius 1 is 0.941 bits per heavy atom. The van der Waals surface area contributed by atoms with Crippen molar-refractivity contribution in [3.05, 3.63) is 81.9 Å². The number of benzene rings is 3. The molecule has 3 aromatic rings. The van der Waals surface area contributed by atoms with Gasteiger partial charge < -0.3 is 24.8 Å². The lowest BCUT2D eigenvalue weighted by atomic mass is 9.73. The van der Waals surface area contributed by atoms with Crippen LogP contribution in [0.4, 0.5) is 0 Å². The standard InChI is InChI=1S/C25H16O9/c1-11(26)21-16(28)9-19-23(22(21)17(29)10-20(30)31)25(15-7-6-12(27)8-18(15)33-19)14-5-3-2-4-13(14)24(32)34-25/h2-9,27-28H,10H2,1H3,(H,30,31). The van der Waals surface area contributed by atoms with E-state index in [0.29, 0.717) is 5.56 Å². The van der Waals surface area contributed by atoms with E-state index in [1.807, 2.05) is 0 Å². The number of ether oxygens (including phenoxy) is 2. The van der Waals surface area contributed by atoms with Crippen molar-refractivity contribution >= 4 is 23.5 Å². The minimum absolute atomic E-state index is 0.0711. The molecule has 9 nitrogen and oxygen atoms in total. The summed E-state index contributed by atoms with van der Waals surface area (Å²) in [6, 6.07) is 11.6. The van der Waals surface area contributed by atoms with E-state index in [9.17, 15) is 34.5 Å². The van der Waals surface area contributed by atoms with E-state index in [1.54, 1.807) is 18.2 Å². The molecule has 1 unspecified atom stereocenters. The molecule has 0 amide bonds. The van der Waals surface area contributed by atoms with Gasteiger partial charge in [-0.2, -0.15) is 0 Å². The van der Waals surface area contributed by atoms with Crippen molar-refractivity contribution in [3.8, 4) is 23.0 Å². The third-order valence-corrected chi connectivity index (χ3v) is 5.90. The fraction of sp³-hybridized carbons (Fsp3) is 0.120. The van der Waals surface area contributed by atoms with Gasteiger partial charge in [0.05, 0.1) is 16.7 Å². The third-order valence-electron chi connectivity index (χ3n) is 5.90. The van der Waals surface area contributed by atoms with E-state index in [-0.39, 0.29) is 33.9 Å². The Labute approximate surface area is 191 Å². The Morgan fingerprint density at radius 2 is 1.68 bits per heavy atom. The lowest BCUT2D eigenvalue weighted by Gasteiger charge is -2.38. The zero-order valence-corrected chi connectivity index (χ0v) is 17.6. The van der Waals surface area contributed by atoms with E-state index in [2.05, 4.69) is 0 Å². The van der Waals surface area contributed by atoms with Gasteiger partial charge in [-0.1, -0.05) is 18.2 Å². The molecule has 0 aromatic heterocycles. The van der Waals surface area contributed by atoms with E-state index in [0.717, 1.165) is 13.0 Å². The van der Waals surface area contributed by atoms with Crippen molar-refractivity contribution in [1.82, 2.24) is 0 Å². The average molecular weight is 460 g/mol. The number of Topliss-reactive ketones (excluding diaryl/α,β-unsaturated/α-hetero) is 2. The summed E-state index contributed by atoms with van der Waals surface area (Å²) in [7, 11) is 0. The summed E-state index contributed by atoms with van der Waals surface area (Å²) < 4.78 is 11.8. The maximum absolute atomic E-state index is 13.2. The van der Waals surface area contributed by atoms with Gasteiger partial charge >= 0.3 is 11.9 Å². The predicted octanol–water partition coefficient (Wildman–Crippen LogP) is 3.53. The number of ketones is 2. The number of aromatic hydroxyl groups is 2. The van der Waals surface area contributed by atoms with Crippen molar-refractivity contribution in [2.75, 3.05) is 0 Å². The number of esters is 1. The summed E-state index contributed by atoms with van der Waals surface area (Å²) in [5, 5.41) is 29.9. The predicted molar refractivity (Wildman–Crippen MR) is 115 cm³/mol. The average Bonchev–Trinajstić information content (AvgIpc) is 3.05. The molecule has 9 heteroatoms. The number of phenolic OH excluding ortho intramolecular Hbond substituents is 2. The topological polar surface area (TPSA) is 147 Å². The number of carboxylic acid groups (broad SMARTS) is 1. The van der Waals surface area contributed by atoms with Crippen LogP contribution in [0.25, 0.3) is 0 Å². The van der Waals surface area contributed by atoms with Crippen molar-refractivity contribution in [2.45, 2.75) is 18.9 Å². The van der Waals surface area contributed by atoms with E-state index < -0.39 is 52.4 Å². The minimum Gasteiger partial charge on any atom is -0.508 e. The summed E-state index contributed by atoms with van der Waals surface area (Å²) in [6.07, 6.45) is -0.982. The molecule has 2 aliphatic rings. The molecule has 0 aliphatic carbocycles. The molecule has 5 rings (SSSR count). The fourth-order valence-electron chi connectivity index (χ4n) is 4.68. The molecular formula is C25H16O9. The Bertz CT molecular complexity index is 1450. The summed E-state index contributed by atoms with van der Waals surface area (Å²) in [5.74, 6) is -4.62. The number of rotatable bonds is 4. The molecule has 170 valence electrons. The van der Waals surface area contributed by atoms with Crippen LogP contribution in [-0.2, 0) is 15.1 Å². The Balaban J connectivity index is 1.97. The van der Waals surface area contributed by atoms with E-state index in [4.69, 9.17) is 9.47 Å². The first-order valence-corrected chi connectivity index (χ1v) is 10.2. The molecule has 3 N–H and O–H groups in total. The number of hydrogen-bond acceptors (Lipinski definition) is 8. The van der Waals surface area contributed by atoms with Crippen LogP contribution in [0.5, 0.6) is 23.0 Å². The molecule has 2 heterocycles. The molecule has 0 radical (unpaired) electrons. The van der Waals surface area contributed by atoms with Crippen LogP contribution >= 0.6 is 0 Å². The molecule has 1 spiro atoms. The van der Waals surface area contributed by atoms with Gasteiger partial charge in [0.15, 0.2) is 17.2 Å². The third kappa shape index (κ3) is 2.80. The van der Waals surface area contributed by atoms with Crippen LogP contribution < -0.4 is 4.74 Å². The van der Waals surface area contributed by atoms with Gasteiger partial charge in [-0.05, 0) is 25.1 Å². The molecule has 2 aliphatic heterocycles. The van der Waals surface area contributed by atoms with E-state index in [1.165, 1.54) is 24.3 Å². The number of hydrogen-bond donors (Lipinski definition) is 3. The molecular weight excluding hydrogens is 444 g/mol. The number of carbonyl (C=O) groups is 4. The largest absolute Gasteiger partial charge is 0.508 e. The monoisotopic (exact) mass is 460 g/mol. The summed E-state index contributed by atoms with van der Waals surface area (Å²) in [5.41, 5.74) is -1.90. The number of carbonyl (C=O) groups excluding carboxylic acids is 3. The van der Waals surface area contributed by atoms with Crippen LogP contribution in [0.3, 0.4) is 0 Å². The fourth-order valence-corrected chi connectivity index (χ4v) is 4.68. The lowest BCUT2D eigenvalue weighted by molar-refractivity contribution is -0.135. The highest BCUT2D eigenvalue weighted by Crippen LogP contribution is 2.58. The number of aliphatic carboxylic acids is 1. The first kappa shape index (κ1) is 21.2. The van der Waals surface area contributed by atoms with Gasteiger partial charge in [0, 0.05) is 28.8 Å². The quantitative estimate of drug-likeness (QED) is 0.302. The Kier molecular flexibility index (Phi) is 4.47. The second-order valence-corrected chi connectivity index (χ2v) is 7.97. The van der Waals surface area contributed by atoms with Crippen LogP contribution in [0.1, 0.15) is 61.1 Å². The van der Waals surface area contributed by atoms with Crippen LogP contribution in [0.15, 0.2) is 48.5 Å². The highest BCUT2D eigenvalue weighted by molar-refractivity contribution is 6.15. The molecule has 0 saturated heterocycles. The summed E-state index contributed by atoms with van der Waals surface area (Å²) in [4.78, 5) is 50.1. The Hall–Kier alpha value is -4.66. The van der Waals surface area contributed by atoms with Gasteiger partial charge in [0.25, 0.3) is 0 Å². The van der Waals surface area contributed by atoms with Gasteiger partial charge in [-0.3, -0.25) is 14.4 Å².